The summed E-state index contributed by atoms with van der Waals surface area (Å²) < 4.78 is 14.2. The summed E-state index contributed by atoms with van der Waals surface area (Å²) in [6.45, 7) is 1.51. The molecular weight excluding hydrogens is 317 g/mol. The first-order chi connectivity index (χ1) is 11.1. The fourth-order valence-electron chi connectivity index (χ4n) is 3.26. The molecule has 0 spiro atoms. The summed E-state index contributed by atoms with van der Waals surface area (Å²) >= 11 is 6.14. The highest BCUT2D eigenvalue weighted by Crippen LogP contribution is 2.38. The van der Waals surface area contributed by atoms with Gasteiger partial charge in [0.2, 0.25) is 0 Å². The molecule has 3 nitrogen and oxygen atoms in total. The van der Waals surface area contributed by atoms with Crippen LogP contribution < -0.4 is 0 Å². The quantitative estimate of drug-likeness (QED) is 0.925. The van der Waals surface area contributed by atoms with E-state index < -0.39 is 23.6 Å². The summed E-state index contributed by atoms with van der Waals surface area (Å²) in [6, 6.07) is 14.3. The maximum Gasteiger partial charge on any atom is 0.308 e. The Balaban J connectivity index is 1.86. The largest absolute Gasteiger partial charge is 0.481 e. The summed E-state index contributed by atoms with van der Waals surface area (Å²) in [5, 5.41) is 9.81. The van der Waals surface area contributed by atoms with Gasteiger partial charge in [0.15, 0.2) is 0 Å². The Hall–Kier alpha value is -1.91. The van der Waals surface area contributed by atoms with E-state index in [1.54, 1.807) is 6.07 Å². The van der Waals surface area contributed by atoms with Crippen molar-refractivity contribution in [2.75, 3.05) is 13.1 Å². The zero-order chi connectivity index (χ0) is 16.4. The van der Waals surface area contributed by atoms with Gasteiger partial charge in [-0.1, -0.05) is 48.0 Å². The molecule has 0 bridgehead atoms. The van der Waals surface area contributed by atoms with Gasteiger partial charge >= 0.3 is 5.97 Å². The molecule has 1 saturated heterocycles. The van der Waals surface area contributed by atoms with Gasteiger partial charge in [-0.15, -0.1) is 0 Å². The number of carboxylic acids is 1. The normalized spacial score (nSPS) is 21.5. The lowest BCUT2D eigenvalue weighted by atomic mass is 9.88. The second-order valence-corrected chi connectivity index (χ2v) is 6.27. The van der Waals surface area contributed by atoms with Crippen molar-refractivity contribution < 1.29 is 14.3 Å². The molecule has 0 aliphatic carbocycles. The van der Waals surface area contributed by atoms with E-state index in [9.17, 15) is 14.3 Å². The van der Waals surface area contributed by atoms with Crippen molar-refractivity contribution >= 4 is 17.6 Å². The van der Waals surface area contributed by atoms with E-state index in [2.05, 4.69) is 0 Å². The zero-order valence-corrected chi connectivity index (χ0v) is 13.2. The van der Waals surface area contributed by atoms with Gasteiger partial charge in [0.25, 0.3) is 0 Å². The highest BCUT2D eigenvalue weighted by molar-refractivity contribution is 6.31. The predicted molar refractivity (Wildman–Crippen MR) is 87.0 cm³/mol. The molecule has 1 aliphatic rings. The van der Waals surface area contributed by atoms with E-state index in [0.717, 1.165) is 5.56 Å². The van der Waals surface area contributed by atoms with Crippen molar-refractivity contribution in [1.82, 2.24) is 4.90 Å². The number of hydrogen-bond acceptors (Lipinski definition) is 2. The van der Waals surface area contributed by atoms with Gasteiger partial charge in [0, 0.05) is 36.1 Å². The SMILES string of the molecule is O=C(O)C1CN(Cc2ccccc2)CC1c1c(F)cccc1Cl. The molecule has 1 aliphatic heterocycles. The number of rotatable bonds is 4. The Morgan fingerprint density at radius 2 is 1.91 bits per heavy atom. The molecule has 2 atom stereocenters. The number of carboxylic acid groups (broad SMARTS) is 1. The Morgan fingerprint density at radius 3 is 2.57 bits per heavy atom. The first-order valence-corrected chi connectivity index (χ1v) is 7.87. The van der Waals surface area contributed by atoms with Crippen LogP contribution in [-0.2, 0) is 11.3 Å². The molecule has 2 unspecified atom stereocenters. The maximum atomic E-state index is 14.2. The van der Waals surface area contributed by atoms with Gasteiger partial charge < -0.3 is 5.11 Å². The molecule has 1 heterocycles. The van der Waals surface area contributed by atoms with Crippen LogP contribution in [0.1, 0.15) is 17.0 Å². The van der Waals surface area contributed by atoms with Gasteiger partial charge in [-0.05, 0) is 17.7 Å². The Labute approximate surface area is 139 Å². The molecule has 23 heavy (non-hydrogen) atoms. The fourth-order valence-corrected chi connectivity index (χ4v) is 3.57. The number of benzene rings is 2. The highest BCUT2D eigenvalue weighted by atomic mass is 35.5. The molecule has 0 amide bonds. The van der Waals surface area contributed by atoms with Crippen LogP contribution in [0, 0.1) is 11.7 Å². The monoisotopic (exact) mass is 333 g/mol. The molecule has 5 heteroatoms. The van der Waals surface area contributed by atoms with Gasteiger partial charge in [0.1, 0.15) is 5.82 Å². The van der Waals surface area contributed by atoms with Gasteiger partial charge in [-0.2, -0.15) is 0 Å². The summed E-state index contributed by atoms with van der Waals surface area (Å²) in [6.07, 6.45) is 0. The molecule has 0 saturated carbocycles. The lowest BCUT2D eigenvalue weighted by Gasteiger charge is -2.18. The summed E-state index contributed by atoms with van der Waals surface area (Å²) in [7, 11) is 0. The standard InChI is InChI=1S/C18H17ClFNO2/c19-15-7-4-8-16(20)17(15)13-10-21(11-14(13)18(22)23)9-12-5-2-1-3-6-12/h1-8,13-14H,9-11H2,(H,22,23). The van der Waals surface area contributed by atoms with Crippen LogP contribution in [0.2, 0.25) is 5.02 Å². The van der Waals surface area contributed by atoms with Crippen LogP contribution in [0.4, 0.5) is 4.39 Å². The Kier molecular flexibility index (Phi) is 4.64. The topological polar surface area (TPSA) is 40.5 Å². The third kappa shape index (κ3) is 3.38. The van der Waals surface area contributed by atoms with Gasteiger partial charge in [-0.3, -0.25) is 9.69 Å². The van der Waals surface area contributed by atoms with Crippen molar-refractivity contribution in [3.05, 3.63) is 70.5 Å². The van der Waals surface area contributed by atoms with Gasteiger partial charge in [0.05, 0.1) is 5.92 Å². The van der Waals surface area contributed by atoms with Crippen molar-refractivity contribution in [3.8, 4) is 0 Å². The molecule has 120 valence electrons. The fraction of sp³-hybridized carbons (Fsp3) is 0.278. The molecular formula is C18H17ClFNO2. The predicted octanol–water partition coefficient (Wildman–Crippen LogP) is 3.78. The minimum absolute atomic E-state index is 0.294. The van der Waals surface area contributed by atoms with Crippen LogP contribution in [0.25, 0.3) is 0 Å². The third-order valence-corrected chi connectivity index (χ3v) is 4.66. The molecule has 0 aromatic heterocycles. The maximum absolute atomic E-state index is 14.2. The van der Waals surface area contributed by atoms with Gasteiger partial charge in [-0.25, -0.2) is 4.39 Å². The van der Waals surface area contributed by atoms with E-state index in [0.29, 0.717) is 30.2 Å². The van der Waals surface area contributed by atoms with E-state index in [1.807, 2.05) is 35.2 Å². The molecule has 0 radical (unpaired) electrons. The highest BCUT2D eigenvalue weighted by Gasteiger charge is 2.40. The smallest absolute Gasteiger partial charge is 0.308 e. The van der Waals surface area contributed by atoms with Crippen LogP contribution in [0.5, 0.6) is 0 Å². The number of nitrogens with zero attached hydrogens (tertiary/aromatic N) is 1. The van der Waals surface area contributed by atoms with Crippen molar-refractivity contribution in [1.29, 1.82) is 0 Å². The van der Waals surface area contributed by atoms with Crippen LogP contribution >= 0.6 is 11.6 Å². The molecule has 3 rings (SSSR count). The number of aliphatic carboxylic acids is 1. The second-order valence-electron chi connectivity index (χ2n) is 5.87. The third-order valence-electron chi connectivity index (χ3n) is 4.33. The van der Waals surface area contributed by atoms with Crippen molar-refractivity contribution in [3.63, 3.8) is 0 Å². The summed E-state index contributed by atoms with van der Waals surface area (Å²) in [4.78, 5) is 13.7. The van der Waals surface area contributed by atoms with E-state index >= 15 is 0 Å². The van der Waals surface area contributed by atoms with Crippen LogP contribution in [0.15, 0.2) is 48.5 Å². The Morgan fingerprint density at radius 1 is 1.17 bits per heavy atom. The lowest BCUT2D eigenvalue weighted by molar-refractivity contribution is -0.141. The number of halogens is 2. The molecule has 1 fully saturated rings. The first kappa shape index (κ1) is 16.0. The minimum atomic E-state index is -0.912. The van der Waals surface area contributed by atoms with Crippen LogP contribution in [0.3, 0.4) is 0 Å². The summed E-state index contributed by atoms with van der Waals surface area (Å²) in [5.41, 5.74) is 1.43. The zero-order valence-electron chi connectivity index (χ0n) is 12.5. The molecule has 2 aromatic rings. The molecule has 2 aromatic carbocycles. The van der Waals surface area contributed by atoms with E-state index in [-0.39, 0.29) is 0 Å². The first-order valence-electron chi connectivity index (χ1n) is 7.49. The van der Waals surface area contributed by atoms with Crippen LogP contribution in [-0.4, -0.2) is 29.1 Å². The van der Waals surface area contributed by atoms with E-state index in [1.165, 1.54) is 12.1 Å². The summed E-state index contributed by atoms with van der Waals surface area (Å²) in [5.74, 6) is -2.45. The average molecular weight is 334 g/mol. The second kappa shape index (κ2) is 6.69. The lowest BCUT2D eigenvalue weighted by Crippen LogP contribution is -2.23. The van der Waals surface area contributed by atoms with Crippen molar-refractivity contribution in [2.45, 2.75) is 12.5 Å². The van der Waals surface area contributed by atoms with Crippen molar-refractivity contribution in [2.24, 2.45) is 5.92 Å². The average Bonchev–Trinajstić information content (AvgIpc) is 2.92. The number of likely N-dealkylation sites (tertiary alicyclic amines) is 1. The Bertz CT molecular complexity index is 687. The minimum Gasteiger partial charge on any atom is -0.481 e. The number of hydrogen-bond donors (Lipinski definition) is 1. The molecule has 1 N–H and O–H groups in total. The number of carbonyl (C=O) groups is 1. The van der Waals surface area contributed by atoms with E-state index in [4.69, 9.17) is 11.6 Å².